The van der Waals surface area contributed by atoms with Crippen molar-refractivity contribution < 1.29 is 76.1 Å². The summed E-state index contributed by atoms with van der Waals surface area (Å²) in [6, 6.07) is 13.7. The van der Waals surface area contributed by atoms with Crippen LogP contribution in [0.15, 0.2) is 48.5 Å². The third-order valence-corrected chi connectivity index (χ3v) is 7.16. The summed E-state index contributed by atoms with van der Waals surface area (Å²) in [5, 5.41) is 0. The summed E-state index contributed by atoms with van der Waals surface area (Å²) < 4.78 is 55.3. The van der Waals surface area contributed by atoms with Crippen molar-refractivity contribution >= 4 is 35.8 Å². The summed E-state index contributed by atoms with van der Waals surface area (Å²) in [6.07, 6.45) is -9.28. The van der Waals surface area contributed by atoms with Crippen LogP contribution in [0.5, 0.6) is 11.5 Å². The molecule has 0 aromatic heterocycles. The minimum absolute atomic E-state index is 0.183. The highest BCUT2D eigenvalue weighted by Gasteiger charge is 2.49. The number of carbonyl (C=O) groups is 6. The Morgan fingerprint density at radius 1 is 0.440 bits per heavy atom. The van der Waals surface area contributed by atoms with Crippen molar-refractivity contribution in [3.63, 3.8) is 0 Å². The lowest BCUT2D eigenvalue weighted by Gasteiger charge is -2.40. The van der Waals surface area contributed by atoms with Crippen LogP contribution in [-0.4, -0.2) is 98.2 Å². The van der Waals surface area contributed by atoms with Gasteiger partial charge in [-0.25, -0.2) is 0 Å². The Hall–Kier alpha value is -5.22. The van der Waals surface area contributed by atoms with Gasteiger partial charge < -0.3 is 47.4 Å². The fourth-order valence-electron chi connectivity index (χ4n) is 5.34. The largest absolute Gasteiger partial charge is 0.461 e. The Kier molecular flexibility index (Phi) is 12.7. The van der Waals surface area contributed by atoms with Crippen LogP contribution in [0.25, 0.3) is 11.1 Å². The molecular formula is C34H38O16. The summed E-state index contributed by atoms with van der Waals surface area (Å²) in [5.74, 6) is -3.34. The van der Waals surface area contributed by atoms with Crippen molar-refractivity contribution in [3.8, 4) is 22.6 Å². The van der Waals surface area contributed by atoms with Gasteiger partial charge in [0.25, 0.3) is 0 Å². The Balaban J connectivity index is 1.46. The molecule has 16 heteroatoms. The van der Waals surface area contributed by atoms with Gasteiger partial charge in [-0.15, -0.1) is 0 Å². The number of esters is 6. The average Bonchev–Trinajstić information content (AvgIpc) is 3.02. The molecule has 50 heavy (non-hydrogen) atoms. The minimum atomic E-state index is -1.24. The maximum Gasteiger partial charge on any atom is 0.303 e. The Labute approximate surface area is 287 Å². The first-order valence-corrected chi connectivity index (χ1v) is 15.5. The lowest BCUT2D eigenvalue weighted by Crippen LogP contribution is -2.59. The molecule has 4 rings (SSSR count). The van der Waals surface area contributed by atoms with E-state index in [1.165, 1.54) is 41.5 Å². The number of hydrogen-bond acceptors (Lipinski definition) is 16. The number of carbonyl (C=O) groups excluding carboxylic acids is 6. The maximum atomic E-state index is 11.9. The number of ether oxygens (including phenoxy) is 10. The Morgan fingerprint density at radius 3 is 1.00 bits per heavy atom. The number of hydrogen-bond donors (Lipinski definition) is 0. The fraction of sp³-hybridized carbons (Fsp3) is 0.471. The van der Waals surface area contributed by atoms with Gasteiger partial charge in [-0.05, 0) is 35.4 Å². The Bertz CT molecular complexity index is 1420. The maximum absolute atomic E-state index is 11.9. The minimum Gasteiger partial charge on any atom is -0.461 e. The molecule has 0 N–H and O–H groups in total. The zero-order valence-electron chi connectivity index (χ0n) is 28.2. The molecule has 2 heterocycles. The van der Waals surface area contributed by atoms with Crippen molar-refractivity contribution in [2.45, 2.75) is 90.7 Å². The van der Waals surface area contributed by atoms with E-state index in [1.807, 2.05) is 0 Å². The molecule has 8 atom stereocenters. The standard InChI is InChI=1S/C34H38O16/c1-17(35)43-27-15-41-33(31(47-21(5)39)29(27)45-19(3)37)49-25-11-7-23(8-12-25)24-9-13-26(14-10-24)50-34-32(48-22(6)40)30(46-20(4)38)28(16-42-34)44-18(2)36/h7-14,27-34H,15-16H2,1-6H3/t27-,28-,29+,30+,31-,32-,33+,34+/m1/s1. The molecule has 0 amide bonds. The second-order valence-corrected chi connectivity index (χ2v) is 11.3. The van der Waals surface area contributed by atoms with Gasteiger partial charge in [0.15, 0.2) is 24.4 Å². The Morgan fingerprint density at radius 2 is 0.720 bits per heavy atom. The summed E-state index contributed by atoms with van der Waals surface area (Å²) in [7, 11) is 0. The van der Waals surface area contributed by atoms with Crippen LogP contribution in [0.2, 0.25) is 0 Å². The molecule has 0 spiro atoms. The van der Waals surface area contributed by atoms with Crippen LogP contribution >= 0.6 is 0 Å². The van der Waals surface area contributed by atoms with E-state index >= 15 is 0 Å². The molecule has 0 aliphatic carbocycles. The van der Waals surface area contributed by atoms with E-state index in [4.69, 9.17) is 47.4 Å². The van der Waals surface area contributed by atoms with Crippen LogP contribution in [0.1, 0.15) is 41.5 Å². The first kappa shape index (κ1) is 37.6. The van der Waals surface area contributed by atoms with E-state index in [2.05, 4.69) is 0 Å². The molecular weight excluding hydrogens is 664 g/mol. The highest BCUT2D eigenvalue weighted by molar-refractivity contribution is 5.69. The van der Waals surface area contributed by atoms with Gasteiger partial charge in [-0.2, -0.15) is 0 Å². The predicted molar refractivity (Wildman–Crippen MR) is 166 cm³/mol. The third-order valence-electron chi connectivity index (χ3n) is 7.16. The van der Waals surface area contributed by atoms with E-state index < -0.39 is 85.0 Å². The zero-order valence-corrected chi connectivity index (χ0v) is 28.2. The smallest absolute Gasteiger partial charge is 0.303 e. The van der Waals surface area contributed by atoms with Gasteiger partial charge in [0.05, 0.1) is 13.2 Å². The van der Waals surface area contributed by atoms with Crippen molar-refractivity contribution in [1.29, 1.82) is 0 Å². The van der Waals surface area contributed by atoms with Gasteiger partial charge >= 0.3 is 35.8 Å². The topological polar surface area (TPSA) is 195 Å². The quantitative estimate of drug-likeness (QED) is 0.244. The van der Waals surface area contributed by atoms with Gasteiger partial charge in [0, 0.05) is 41.5 Å². The number of benzene rings is 2. The van der Waals surface area contributed by atoms with Crippen LogP contribution in [-0.2, 0) is 66.7 Å². The molecule has 0 saturated carbocycles. The average molecular weight is 703 g/mol. The monoisotopic (exact) mass is 702 g/mol. The summed E-state index contributed by atoms with van der Waals surface area (Å²) in [5.41, 5.74) is 1.56. The second-order valence-electron chi connectivity index (χ2n) is 11.3. The van der Waals surface area contributed by atoms with Crippen LogP contribution in [0, 0.1) is 0 Å². The SMILES string of the molecule is CC(=O)O[C@@H]1[C@@H](OC(C)=O)[C@H](Oc2ccc(-c3ccc(O[C@@H]4OC[C@@H](OC(C)=O)[C@H](OC(C)=O)[C@H]4OC(C)=O)cc3)cc2)OC[C@H]1OC(C)=O. The van der Waals surface area contributed by atoms with Gasteiger partial charge in [-0.1, -0.05) is 24.3 Å². The van der Waals surface area contributed by atoms with Crippen molar-refractivity contribution in [2.75, 3.05) is 13.2 Å². The van der Waals surface area contributed by atoms with Gasteiger partial charge in [0.1, 0.15) is 11.5 Å². The molecule has 270 valence electrons. The summed E-state index contributed by atoms with van der Waals surface area (Å²) in [6.45, 7) is 6.69. The second kappa shape index (κ2) is 16.9. The molecule has 0 radical (unpaired) electrons. The van der Waals surface area contributed by atoms with E-state index in [-0.39, 0.29) is 13.2 Å². The molecule has 2 fully saturated rings. The summed E-state index contributed by atoms with van der Waals surface area (Å²) >= 11 is 0. The number of rotatable bonds is 11. The first-order chi connectivity index (χ1) is 23.7. The summed E-state index contributed by atoms with van der Waals surface area (Å²) in [4.78, 5) is 70.7. The normalized spacial score (nSPS) is 26.0. The molecule has 2 aromatic carbocycles. The highest BCUT2D eigenvalue weighted by atomic mass is 16.7. The van der Waals surface area contributed by atoms with Crippen molar-refractivity contribution in [3.05, 3.63) is 48.5 Å². The molecule has 16 nitrogen and oxygen atoms in total. The van der Waals surface area contributed by atoms with Crippen molar-refractivity contribution in [1.82, 2.24) is 0 Å². The van der Waals surface area contributed by atoms with Gasteiger partial charge in [0.2, 0.25) is 24.8 Å². The predicted octanol–water partition coefficient (Wildman–Crippen LogP) is 2.41. The van der Waals surface area contributed by atoms with E-state index in [0.717, 1.165) is 11.1 Å². The van der Waals surface area contributed by atoms with Crippen molar-refractivity contribution in [2.24, 2.45) is 0 Å². The fourth-order valence-corrected chi connectivity index (χ4v) is 5.34. The zero-order chi connectivity index (χ0) is 36.5. The van der Waals surface area contributed by atoms with Crippen LogP contribution < -0.4 is 9.47 Å². The third kappa shape index (κ3) is 10.4. The lowest BCUT2D eigenvalue weighted by atomic mass is 10.0. The molecule has 0 bridgehead atoms. The van der Waals surface area contributed by atoms with Crippen LogP contribution in [0.4, 0.5) is 0 Å². The molecule has 2 saturated heterocycles. The van der Waals surface area contributed by atoms with E-state index in [9.17, 15) is 28.8 Å². The van der Waals surface area contributed by atoms with E-state index in [1.54, 1.807) is 48.5 Å². The molecule has 2 aliphatic rings. The lowest BCUT2D eigenvalue weighted by molar-refractivity contribution is -0.259. The van der Waals surface area contributed by atoms with Crippen LogP contribution in [0.3, 0.4) is 0 Å². The molecule has 2 aliphatic heterocycles. The molecule has 2 aromatic rings. The van der Waals surface area contributed by atoms with E-state index in [0.29, 0.717) is 11.5 Å². The first-order valence-electron chi connectivity index (χ1n) is 15.5. The van der Waals surface area contributed by atoms with Gasteiger partial charge in [-0.3, -0.25) is 28.8 Å². The highest BCUT2D eigenvalue weighted by Crippen LogP contribution is 2.31. The molecule has 0 unspecified atom stereocenters.